The highest BCUT2D eigenvalue weighted by molar-refractivity contribution is 5.60. The number of aromatic nitrogens is 3. The van der Waals surface area contributed by atoms with Gasteiger partial charge in [0.05, 0.1) is 0 Å². The Bertz CT molecular complexity index is 340. The zero-order chi connectivity index (χ0) is 9.97. The van der Waals surface area contributed by atoms with Crippen molar-refractivity contribution in [3.05, 3.63) is 18.2 Å². The summed E-state index contributed by atoms with van der Waals surface area (Å²) in [6.07, 6.45) is 8.43. The summed E-state index contributed by atoms with van der Waals surface area (Å²) in [4.78, 5) is 0. The molecule has 1 aromatic rings. The molecular formula is C10H16N4. The van der Waals surface area contributed by atoms with Gasteiger partial charge in [0.25, 0.3) is 0 Å². The van der Waals surface area contributed by atoms with E-state index in [1.807, 2.05) is 11.6 Å². The zero-order valence-electron chi connectivity index (χ0n) is 8.48. The van der Waals surface area contributed by atoms with Gasteiger partial charge in [0, 0.05) is 13.1 Å². The molecule has 0 radical (unpaired) electrons. The van der Waals surface area contributed by atoms with E-state index in [9.17, 15) is 0 Å². The minimum Gasteiger partial charge on any atom is -0.324 e. The smallest absolute Gasteiger partial charge is 0.159 e. The summed E-state index contributed by atoms with van der Waals surface area (Å²) in [5, 5.41) is 7.99. The van der Waals surface area contributed by atoms with Crippen LogP contribution in [-0.4, -0.2) is 20.8 Å². The van der Waals surface area contributed by atoms with E-state index in [1.54, 1.807) is 6.33 Å². The van der Waals surface area contributed by atoms with Crippen LogP contribution in [0.15, 0.2) is 12.4 Å². The standard InChI is InChI=1S/C10H16N4/c1-14-7-12-13-10(14)8-4-2-3-5-9(11)6-8/h6-7,9H,2-5,11H2,1H3. The van der Waals surface area contributed by atoms with Gasteiger partial charge in [-0.15, -0.1) is 10.2 Å². The predicted molar refractivity (Wildman–Crippen MR) is 55.4 cm³/mol. The first-order chi connectivity index (χ1) is 6.77. The number of rotatable bonds is 1. The molecule has 0 saturated carbocycles. The molecule has 14 heavy (non-hydrogen) atoms. The molecule has 76 valence electrons. The molecule has 0 spiro atoms. The van der Waals surface area contributed by atoms with Gasteiger partial charge in [-0.3, -0.25) is 0 Å². The van der Waals surface area contributed by atoms with Crippen molar-refractivity contribution in [2.75, 3.05) is 0 Å². The maximum absolute atomic E-state index is 5.95. The predicted octanol–water partition coefficient (Wildman–Crippen LogP) is 1.10. The van der Waals surface area contributed by atoms with Crippen LogP contribution in [0.1, 0.15) is 31.5 Å². The molecule has 1 atom stereocenters. The van der Waals surface area contributed by atoms with Gasteiger partial charge in [-0.05, 0) is 24.8 Å². The molecule has 1 unspecified atom stereocenters. The highest BCUT2D eigenvalue weighted by Gasteiger charge is 2.13. The first-order valence-corrected chi connectivity index (χ1v) is 5.08. The summed E-state index contributed by atoms with van der Waals surface area (Å²) in [5.41, 5.74) is 7.19. The van der Waals surface area contributed by atoms with E-state index in [1.165, 1.54) is 18.4 Å². The fraction of sp³-hybridized carbons (Fsp3) is 0.600. The molecular weight excluding hydrogens is 176 g/mol. The lowest BCUT2D eigenvalue weighted by atomic mass is 10.1. The molecule has 4 nitrogen and oxygen atoms in total. The molecule has 1 aromatic heterocycles. The van der Waals surface area contributed by atoms with E-state index in [2.05, 4.69) is 16.3 Å². The molecule has 0 saturated heterocycles. The summed E-state index contributed by atoms with van der Waals surface area (Å²) in [6.45, 7) is 0. The first kappa shape index (κ1) is 9.40. The number of hydrogen-bond acceptors (Lipinski definition) is 3. The minimum absolute atomic E-state index is 0.184. The van der Waals surface area contributed by atoms with Crippen molar-refractivity contribution < 1.29 is 0 Å². The van der Waals surface area contributed by atoms with Crippen LogP contribution in [0.4, 0.5) is 0 Å². The van der Waals surface area contributed by atoms with E-state index < -0.39 is 0 Å². The Morgan fingerprint density at radius 1 is 1.50 bits per heavy atom. The lowest BCUT2D eigenvalue weighted by Crippen LogP contribution is -2.16. The average molecular weight is 192 g/mol. The third-order valence-corrected chi connectivity index (χ3v) is 2.65. The Kier molecular flexibility index (Phi) is 2.63. The summed E-state index contributed by atoms with van der Waals surface area (Å²) in [5.74, 6) is 0.961. The Morgan fingerprint density at radius 2 is 2.36 bits per heavy atom. The molecule has 0 aliphatic heterocycles. The van der Waals surface area contributed by atoms with Crippen molar-refractivity contribution in [3.63, 3.8) is 0 Å². The molecule has 0 fully saturated rings. The normalized spacial score (nSPS) is 23.0. The van der Waals surface area contributed by atoms with Gasteiger partial charge in [-0.2, -0.15) is 0 Å². The van der Waals surface area contributed by atoms with Crippen molar-refractivity contribution >= 4 is 5.57 Å². The van der Waals surface area contributed by atoms with Gasteiger partial charge in [-0.1, -0.05) is 12.5 Å². The van der Waals surface area contributed by atoms with E-state index >= 15 is 0 Å². The fourth-order valence-corrected chi connectivity index (χ4v) is 1.88. The quantitative estimate of drug-likeness (QED) is 0.725. The highest BCUT2D eigenvalue weighted by Crippen LogP contribution is 2.23. The second-order valence-electron chi connectivity index (χ2n) is 3.87. The average Bonchev–Trinajstić information content (AvgIpc) is 2.45. The summed E-state index contributed by atoms with van der Waals surface area (Å²) in [6, 6.07) is 0.184. The van der Waals surface area contributed by atoms with Crippen LogP contribution < -0.4 is 5.73 Å². The second-order valence-corrected chi connectivity index (χ2v) is 3.87. The third kappa shape index (κ3) is 1.85. The zero-order valence-corrected chi connectivity index (χ0v) is 8.48. The van der Waals surface area contributed by atoms with Gasteiger partial charge in [0.15, 0.2) is 5.82 Å². The van der Waals surface area contributed by atoms with Crippen molar-refractivity contribution in [1.82, 2.24) is 14.8 Å². The van der Waals surface area contributed by atoms with Gasteiger partial charge >= 0.3 is 0 Å². The maximum atomic E-state index is 5.95. The summed E-state index contributed by atoms with van der Waals surface area (Å²) >= 11 is 0. The van der Waals surface area contributed by atoms with Crippen molar-refractivity contribution in [1.29, 1.82) is 0 Å². The molecule has 0 bridgehead atoms. The van der Waals surface area contributed by atoms with E-state index in [-0.39, 0.29) is 6.04 Å². The van der Waals surface area contributed by atoms with Crippen molar-refractivity contribution in [2.24, 2.45) is 12.8 Å². The maximum Gasteiger partial charge on any atom is 0.159 e. The molecule has 4 heteroatoms. The molecule has 0 aromatic carbocycles. The van der Waals surface area contributed by atoms with Crippen molar-refractivity contribution in [3.8, 4) is 0 Å². The van der Waals surface area contributed by atoms with Gasteiger partial charge < -0.3 is 10.3 Å². The Hall–Kier alpha value is -1.16. The fourth-order valence-electron chi connectivity index (χ4n) is 1.88. The molecule has 2 rings (SSSR count). The lowest BCUT2D eigenvalue weighted by Gasteiger charge is -2.05. The van der Waals surface area contributed by atoms with Crippen LogP contribution in [0.25, 0.3) is 5.57 Å². The van der Waals surface area contributed by atoms with Crippen LogP contribution in [-0.2, 0) is 7.05 Å². The van der Waals surface area contributed by atoms with Gasteiger partial charge in [0.1, 0.15) is 6.33 Å². The first-order valence-electron chi connectivity index (χ1n) is 5.08. The van der Waals surface area contributed by atoms with Crippen LogP contribution in [0.3, 0.4) is 0 Å². The number of hydrogen-bond donors (Lipinski definition) is 1. The topological polar surface area (TPSA) is 56.7 Å². The third-order valence-electron chi connectivity index (χ3n) is 2.65. The Morgan fingerprint density at radius 3 is 3.07 bits per heavy atom. The number of aryl methyl sites for hydroxylation is 1. The lowest BCUT2D eigenvalue weighted by molar-refractivity contribution is 0.657. The second kappa shape index (κ2) is 3.92. The molecule has 1 aliphatic rings. The number of nitrogens with two attached hydrogens (primary N) is 1. The van der Waals surface area contributed by atoms with Crippen molar-refractivity contribution in [2.45, 2.75) is 31.7 Å². The summed E-state index contributed by atoms with van der Waals surface area (Å²) in [7, 11) is 1.96. The van der Waals surface area contributed by atoms with E-state index in [4.69, 9.17) is 5.73 Å². The monoisotopic (exact) mass is 192 g/mol. The van der Waals surface area contributed by atoms with Crippen LogP contribution in [0, 0.1) is 0 Å². The van der Waals surface area contributed by atoms with Crippen LogP contribution in [0.5, 0.6) is 0 Å². The van der Waals surface area contributed by atoms with Crippen LogP contribution in [0.2, 0.25) is 0 Å². The number of allylic oxidation sites excluding steroid dienone is 1. The molecule has 2 N–H and O–H groups in total. The highest BCUT2D eigenvalue weighted by atomic mass is 15.2. The van der Waals surface area contributed by atoms with E-state index in [0.717, 1.165) is 18.7 Å². The largest absolute Gasteiger partial charge is 0.324 e. The van der Waals surface area contributed by atoms with Crippen LogP contribution >= 0.6 is 0 Å². The Balaban J connectivity index is 2.28. The molecule has 1 aliphatic carbocycles. The van der Waals surface area contributed by atoms with Gasteiger partial charge in [-0.25, -0.2) is 0 Å². The van der Waals surface area contributed by atoms with Gasteiger partial charge in [0.2, 0.25) is 0 Å². The molecule has 1 heterocycles. The Labute approximate surface area is 83.8 Å². The SMILES string of the molecule is Cn1cnnc1C1=CC(N)CCCC1. The minimum atomic E-state index is 0.184. The summed E-state index contributed by atoms with van der Waals surface area (Å²) < 4.78 is 1.95. The molecule has 0 amide bonds. The number of nitrogens with zero attached hydrogens (tertiary/aromatic N) is 3. The van der Waals surface area contributed by atoms with E-state index in [0.29, 0.717) is 0 Å².